The maximum Gasteiger partial charge on any atom is 0.272 e. The van der Waals surface area contributed by atoms with Crippen LogP contribution in [-0.2, 0) is 6.42 Å². The van der Waals surface area contributed by atoms with Gasteiger partial charge in [0.1, 0.15) is 11.8 Å². The Labute approximate surface area is 146 Å². The van der Waals surface area contributed by atoms with Gasteiger partial charge in [-0.15, -0.1) is 11.3 Å². The first-order valence-electron chi connectivity index (χ1n) is 8.23. The van der Waals surface area contributed by atoms with E-state index in [9.17, 15) is 4.79 Å². The van der Waals surface area contributed by atoms with Crippen LogP contribution < -0.4 is 0 Å². The Morgan fingerprint density at radius 1 is 1.46 bits per heavy atom. The highest BCUT2D eigenvalue weighted by Gasteiger charge is 2.28. The van der Waals surface area contributed by atoms with Crippen LogP contribution in [0.2, 0.25) is 0 Å². The van der Waals surface area contributed by atoms with Crippen molar-refractivity contribution < 1.29 is 4.79 Å². The molecule has 1 aliphatic heterocycles. The molecule has 1 amide bonds. The standard InChI is InChI=1S/C18H20N4OS/c1-3-15-11-24-17(21-15)14-5-4-8-22(10-14)18(23)16-7-6-13(9-19)12(2)20-16/h6-7,11,14H,3-5,8,10H2,1-2H3/t14-/m0/s1. The first-order valence-corrected chi connectivity index (χ1v) is 9.11. The summed E-state index contributed by atoms with van der Waals surface area (Å²) in [6, 6.07) is 5.40. The second-order valence-electron chi connectivity index (χ2n) is 6.06. The smallest absolute Gasteiger partial charge is 0.272 e. The molecule has 124 valence electrons. The summed E-state index contributed by atoms with van der Waals surface area (Å²) < 4.78 is 0. The molecule has 1 aliphatic rings. The van der Waals surface area contributed by atoms with Crippen molar-refractivity contribution >= 4 is 17.2 Å². The summed E-state index contributed by atoms with van der Waals surface area (Å²) in [6.45, 7) is 5.31. The van der Waals surface area contributed by atoms with Gasteiger partial charge in [-0.2, -0.15) is 5.26 Å². The summed E-state index contributed by atoms with van der Waals surface area (Å²) in [5.74, 6) is 0.257. The highest BCUT2D eigenvalue weighted by Crippen LogP contribution is 2.30. The minimum Gasteiger partial charge on any atom is -0.337 e. The maximum atomic E-state index is 12.8. The van der Waals surface area contributed by atoms with Gasteiger partial charge in [0, 0.05) is 24.4 Å². The summed E-state index contributed by atoms with van der Waals surface area (Å²) in [5.41, 5.74) is 2.66. The van der Waals surface area contributed by atoms with Crippen molar-refractivity contribution in [2.75, 3.05) is 13.1 Å². The molecule has 0 unspecified atom stereocenters. The van der Waals surface area contributed by atoms with E-state index in [-0.39, 0.29) is 5.91 Å². The molecule has 0 spiro atoms. The van der Waals surface area contributed by atoms with Crippen LogP contribution in [0.4, 0.5) is 0 Å². The van der Waals surface area contributed by atoms with E-state index in [1.54, 1.807) is 30.4 Å². The molecule has 3 heterocycles. The number of aryl methyl sites for hydroxylation is 2. The molecule has 1 atom stereocenters. The first-order chi connectivity index (χ1) is 11.6. The Kier molecular flexibility index (Phi) is 4.91. The third-order valence-corrected chi connectivity index (χ3v) is 5.47. The molecule has 1 fully saturated rings. The molecule has 0 aliphatic carbocycles. The van der Waals surface area contributed by atoms with Crippen molar-refractivity contribution in [3.8, 4) is 6.07 Å². The Morgan fingerprint density at radius 2 is 2.29 bits per heavy atom. The van der Waals surface area contributed by atoms with Crippen LogP contribution in [0, 0.1) is 18.3 Å². The number of aromatic nitrogens is 2. The number of likely N-dealkylation sites (tertiary alicyclic amines) is 1. The Bertz CT molecular complexity index is 793. The topological polar surface area (TPSA) is 69.9 Å². The van der Waals surface area contributed by atoms with Gasteiger partial charge in [0.05, 0.1) is 22.0 Å². The highest BCUT2D eigenvalue weighted by molar-refractivity contribution is 7.09. The zero-order valence-electron chi connectivity index (χ0n) is 14.0. The van der Waals surface area contributed by atoms with E-state index in [0.29, 0.717) is 29.4 Å². The van der Waals surface area contributed by atoms with Crippen molar-refractivity contribution in [1.82, 2.24) is 14.9 Å². The monoisotopic (exact) mass is 340 g/mol. The average Bonchev–Trinajstić information content (AvgIpc) is 3.10. The first kappa shape index (κ1) is 16.6. The normalized spacial score (nSPS) is 17.5. The molecule has 1 saturated heterocycles. The zero-order valence-corrected chi connectivity index (χ0v) is 14.8. The molecule has 0 bridgehead atoms. The molecule has 0 radical (unpaired) electrons. The number of nitriles is 1. The van der Waals surface area contributed by atoms with E-state index in [0.717, 1.165) is 36.5 Å². The third-order valence-electron chi connectivity index (χ3n) is 4.41. The SMILES string of the molecule is CCc1csc([C@H]2CCCN(C(=O)c3ccc(C#N)c(C)n3)C2)n1. The van der Waals surface area contributed by atoms with Crippen LogP contribution >= 0.6 is 11.3 Å². The highest BCUT2D eigenvalue weighted by atomic mass is 32.1. The molecule has 2 aromatic heterocycles. The van der Waals surface area contributed by atoms with Crippen LogP contribution in [0.3, 0.4) is 0 Å². The van der Waals surface area contributed by atoms with Gasteiger partial charge >= 0.3 is 0 Å². The lowest BCUT2D eigenvalue weighted by atomic mass is 9.98. The van der Waals surface area contributed by atoms with Gasteiger partial charge in [0.25, 0.3) is 5.91 Å². The molecule has 24 heavy (non-hydrogen) atoms. The van der Waals surface area contributed by atoms with Crippen molar-refractivity contribution in [2.24, 2.45) is 0 Å². The van der Waals surface area contributed by atoms with Crippen LogP contribution in [0.15, 0.2) is 17.5 Å². The lowest BCUT2D eigenvalue weighted by molar-refractivity contribution is 0.0701. The molecule has 0 saturated carbocycles. The number of rotatable bonds is 3. The van der Waals surface area contributed by atoms with Gasteiger partial charge in [-0.25, -0.2) is 9.97 Å². The fraction of sp³-hybridized carbons (Fsp3) is 0.444. The summed E-state index contributed by atoms with van der Waals surface area (Å²) >= 11 is 1.70. The summed E-state index contributed by atoms with van der Waals surface area (Å²) in [6.07, 6.45) is 2.99. The van der Waals surface area contributed by atoms with Crippen molar-refractivity contribution in [1.29, 1.82) is 5.26 Å². The molecular weight excluding hydrogens is 320 g/mol. The Morgan fingerprint density at radius 3 is 2.96 bits per heavy atom. The molecule has 6 heteroatoms. The molecule has 0 N–H and O–H groups in total. The number of nitrogens with zero attached hydrogens (tertiary/aromatic N) is 4. The number of amides is 1. The molecular formula is C18H20N4OS. The third kappa shape index (κ3) is 3.31. The van der Waals surface area contributed by atoms with E-state index >= 15 is 0 Å². The van der Waals surface area contributed by atoms with Gasteiger partial charge in [-0.05, 0) is 38.3 Å². The fourth-order valence-electron chi connectivity index (χ4n) is 3.00. The van der Waals surface area contributed by atoms with Crippen LogP contribution in [0.25, 0.3) is 0 Å². The predicted molar refractivity (Wildman–Crippen MR) is 93.1 cm³/mol. The molecule has 0 aromatic carbocycles. The van der Waals surface area contributed by atoms with E-state index in [4.69, 9.17) is 5.26 Å². The van der Waals surface area contributed by atoms with Gasteiger partial charge in [-0.1, -0.05) is 6.92 Å². The lowest BCUT2D eigenvalue weighted by Crippen LogP contribution is -2.39. The number of carbonyl (C=O) groups excluding carboxylic acids is 1. The van der Waals surface area contributed by atoms with Crippen molar-refractivity contribution in [3.63, 3.8) is 0 Å². The van der Waals surface area contributed by atoms with Gasteiger partial charge in [-0.3, -0.25) is 4.79 Å². The fourth-order valence-corrected chi connectivity index (χ4v) is 4.03. The van der Waals surface area contributed by atoms with Gasteiger partial charge < -0.3 is 4.90 Å². The van der Waals surface area contributed by atoms with Crippen LogP contribution in [-0.4, -0.2) is 33.9 Å². The lowest BCUT2D eigenvalue weighted by Gasteiger charge is -2.31. The van der Waals surface area contributed by atoms with Gasteiger partial charge in [0.15, 0.2) is 0 Å². The average molecular weight is 340 g/mol. The van der Waals surface area contributed by atoms with E-state index in [2.05, 4.69) is 28.3 Å². The molecule has 3 rings (SSSR count). The van der Waals surface area contributed by atoms with E-state index in [1.165, 1.54) is 0 Å². The van der Waals surface area contributed by atoms with Crippen LogP contribution in [0.5, 0.6) is 0 Å². The number of hydrogen-bond donors (Lipinski definition) is 0. The second-order valence-corrected chi connectivity index (χ2v) is 6.95. The molecule has 2 aromatic rings. The Hall–Kier alpha value is -2.26. The predicted octanol–water partition coefficient (Wildman–Crippen LogP) is 3.30. The number of carbonyl (C=O) groups is 1. The number of piperidine rings is 1. The summed E-state index contributed by atoms with van der Waals surface area (Å²) in [7, 11) is 0. The van der Waals surface area contributed by atoms with E-state index in [1.807, 2.05) is 4.90 Å². The minimum absolute atomic E-state index is 0.0560. The largest absolute Gasteiger partial charge is 0.337 e. The number of thiazole rings is 1. The maximum absolute atomic E-state index is 12.8. The molecule has 5 nitrogen and oxygen atoms in total. The summed E-state index contributed by atoms with van der Waals surface area (Å²) in [5, 5.41) is 12.2. The van der Waals surface area contributed by atoms with E-state index < -0.39 is 0 Å². The zero-order chi connectivity index (χ0) is 17.1. The Balaban J connectivity index is 1.75. The van der Waals surface area contributed by atoms with Crippen LogP contribution in [0.1, 0.15) is 58.1 Å². The van der Waals surface area contributed by atoms with Crippen molar-refractivity contribution in [3.05, 3.63) is 45.2 Å². The van der Waals surface area contributed by atoms with Gasteiger partial charge in [0.2, 0.25) is 0 Å². The minimum atomic E-state index is -0.0560. The summed E-state index contributed by atoms with van der Waals surface area (Å²) in [4.78, 5) is 23.6. The quantitative estimate of drug-likeness (QED) is 0.859. The number of pyridine rings is 1. The second kappa shape index (κ2) is 7.10. The van der Waals surface area contributed by atoms with Crippen molar-refractivity contribution in [2.45, 2.75) is 39.0 Å². The number of hydrogen-bond acceptors (Lipinski definition) is 5.